The van der Waals surface area contributed by atoms with Crippen molar-refractivity contribution in [1.82, 2.24) is 19.8 Å². The normalized spacial score (nSPS) is 22.2. The molecule has 1 aromatic rings. The van der Waals surface area contributed by atoms with Gasteiger partial charge < -0.3 is 10.1 Å². The van der Waals surface area contributed by atoms with Crippen molar-refractivity contribution in [3.05, 3.63) is 12.4 Å². The van der Waals surface area contributed by atoms with Gasteiger partial charge in [-0.1, -0.05) is 0 Å². The summed E-state index contributed by atoms with van der Waals surface area (Å²) in [7, 11) is -1.59. The number of rotatable bonds is 9. The van der Waals surface area contributed by atoms with Gasteiger partial charge in [0, 0.05) is 25.4 Å². The predicted octanol–water partition coefficient (Wildman–Crippen LogP) is 0.338. The molecule has 21 heavy (non-hydrogen) atoms. The molecule has 0 radical (unpaired) electrons. The molecule has 0 aromatic carbocycles. The van der Waals surface area contributed by atoms with Gasteiger partial charge >= 0.3 is 0 Å². The zero-order valence-corrected chi connectivity index (χ0v) is 13.4. The molecular formula is C13H24N4O3S. The molecule has 0 aliphatic heterocycles. The standard InChI is InChI=1S/C13H24N4O3S/c1-3-20-12-7-11(8-12)16-21(18,19)13-9-15-17(10-13)6-4-5-14-2/h9-12,14,16H,3-8H2,1-2H3. The van der Waals surface area contributed by atoms with Crippen molar-refractivity contribution in [2.45, 2.75) is 49.8 Å². The second kappa shape index (κ2) is 7.35. The van der Waals surface area contributed by atoms with Gasteiger partial charge in [0.05, 0.1) is 12.3 Å². The lowest BCUT2D eigenvalue weighted by molar-refractivity contribution is -0.00475. The first-order chi connectivity index (χ1) is 10.0. The van der Waals surface area contributed by atoms with Crippen molar-refractivity contribution in [2.75, 3.05) is 20.2 Å². The van der Waals surface area contributed by atoms with E-state index in [4.69, 9.17) is 4.74 Å². The predicted molar refractivity (Wildman–Crippen MR) is 79.5 cm³/mol. The van der Waals surface area contributed by atoms with Crippen LogP contribution in [-0.2, 0) is 21.3 Å². The molecule has 2 N–H and O–H groups in total. The molecular weight excluding hydrogens is 292 g/mol. The van der Waals surface area contributed by atoms with Crippen LogP contribution in [0.15, 0.2) is 17.3 Å². The third-order valence-electron chi connectivity index (χ3n) is 3.55. The molecule has 1 aromatic heterocycles. The Kier molecular flexibility index (Phi) is 5.74. The minimum absolute atomic E-state index is 0.0285. The van der Waals surface area contributed by atoms with Crippen molar-refractivity contribution in [1.29, 1.82) is 0 Å². The maximum atomic E-state index is 12.2. The van der Waals surface area contributed by atoms with E-state index in [1.165, 1.54) is 6.20 Å². The van der Waals surface area contributed by atoms with E-state index in [9.17, 15) is 8.42 Å². The van der Waals surface area contributed by atoms with Crippen molar-refractivity contribution in [3.63, 3.8) is 0 Å². The van der Waals surface area contributed by atoms with E-state index in [1.807, 2.05) is 14.0 Å². The molecule has 7 nitrogen and oxygen atoms in total. The Bertz CT molecular complexity index is 537. The highest BCUT2D eigenvalue weighted by molar-refractivity contribution is 7.89. The molecule has 0 unspecified atom stereocenters. The molecule has 1 fully saturated rings. The smallest absolute Gasteiger partial charge is 0.243 e. The van der Waals surface area contributed by atoms with Crippen LogP contribution >= 0.6 is 0 Å². The minimum Gasteiger partial charge on any atom is -0.378 e. The molecule has 0 atom stereocenters. The summed E-state index contributed by atoms with van der Waals surface area (Å²) in [5, 5.41) is 7.14. The molecule has 0 amide bonds. The highest BCUT2D eigenvalue weighted by atomic mass is 32.2. The third kappa shape index (κ3) is 4.50. The van der Waals surface area contributed by atoms with Crippen LogP contribution in [0.1, 0.15) is 26.2 Å². The van der Waals surface area contributed by atoms with Gasteiger partial charge in [-0.3, -0.25) is 4.68 Å². The van der Waals surface area contributed by atoms with Gasteiger partial charge in [0.1, 0.15) is 4.90 Å². The summed E-state index contributed by atoms with van der Waals surface area (Å²) in [6.07, 6.45) is 5.56. The lowest BCUT2D eigenvalue weighted by atomic mass is 9.90. The molecule has 8 heteroatoms. The number of nitrogens with one attached hydrogen (secondary N) is 2. The van der Waals surface area contributed by atoms with Gasteiger partial charge in [-0.05, 0) is 39.8 Å². The number of ether oxygens (including phenoxy) is 1. The van der Waals surface area contributed by atoms with E-state index in [1.54, 1.807) is 10.9 Å². The SMILES string of the molecule is CCOC1CC(NS(=O)(=O)c2cnn(CCCNC)c2)C1. The average molecular weight is 316 g/mol. The fourth-order valence-electron chi connectivity index (χ4n) is 2.34. The summed E-state index contributed by atoms with van der Waals surface area (Å²) in [5.41, 5.74) is 0. The number of aromatic nitrogens is 2. The first-order valence-electron chi connectivity index (χ1n) is 7.36. The second-order valence-electron chi connectivity index (χ2n) is 5.26. The number of hydrogen-bond acceptors (Lipinski definition) is 5. The monoisotopic (exact) mass is 316 g/mol. The van der Waals surface area contributed by atoms with E-state index in [0.717, 1.165) is 25.8 Å². The molecule has 2 rings (SSSR count). The van der Waals surface area contributed by atoms with Crippen LogP contribution in [-0.4, -0.2) is 50.5 Å². The van der Waals surface area contributed by atoms with Crippen molar-refractivity contribution < 1.29 is 13.2 Å². The highest BCUT2D eigenvalue weighted by Crippen LogP contribution is 2.25. The summed E-state index contributed by atoms with van der Waals surface area (Å²) >= 11 is 0. The van der Waals surface area contributed by atoms with E-state index in [0.29, 0.717) is 13.2 Å². The lowest BCUT2D eigenvalue weighted by Gasteiger charge is -2.34. The van der Waals surface area contributed by atoms with Crippen LogP contribution in [0.4, 0.5) is 0 Å². The van der Waals surface area contributed by atoms with E-state index in [2.05, 4.69) is 15.1 Å². The number of aryl methyl sites for hydroxylation is 1. The molecule has 0 bridgehead atoms. The van der Waals surface area contributed by atoms with Gasteiger partial charge in [0.25, 0.3) is 0 Å². The Hall–Kier alpha value is -0.960. The summed E-state index contributed by atoms with van der Waals surface area (Å²) in [6.45, 7) is 4.19. The van der Waals surface area contributed by atoms with Crippen molar-refractivity contribution >= 4 is 10.0 Å². The fraction of sp³-hybridized carbons (Fsp3) is 0.769. The molecule has 1 saturated carbocycles. The maximum absolute atomic E-state index is 12.2. The molecule has 1 heterocycles. The largest absolute Gasteiger partial charge is 0.378 e. The topological polar surface area (TPSA) is 85.2 Å². The summed E-state index contributed by atoms with van der Waals surface area (Å²) < 4.78 is 34.2. The van der Waals surface area contributed by atoms with Crippen molar-refractivity contribution in [3.8, 4) is 0 Å². The van der Waals surface area contributed by atoms with Crippen LogP contribution < -0.4 is 10.0 Å². The second-order valence-corrected chi connectivity index (χ2v) is 6.98. The zero-order chi connectivity index (χ0) is 15.3. The van der Waals surface area contributed by atoms with Crippen LogP contribution in [0.3, 0.4) is 0 Å². The number of sulfonamides is 1. The molecule has 0 spiro atoms. The fourth-order valence-corrected chi connectivity index (χ4v) is 3.56. The Labute approximate surface area is 126 Å². The third-order valence-corrected chi connectivity index (χ3v) is 5.03. The van der Waals surface area contributed by atoms with Gasteiger partial charge in [-0.25, -0.2) is 13.1 Å². The minimum atomic E-state index is -3.47. The Morgan fingerprint density at radius 2 is 2.24 bits per heavy atom. The van der Waals surface area contributed by atoms with Gasteiger partial charge in [0.15, 0.2) is 0 Å². The Morgan fingerprint density at radius 3 is 2.90 bits per heavy atom. The van der Waals surface area contributed by atoms with E-state index < -0.39 is 10.0 Å². The molecule has 120 valence electrons. The van der Waals surface area contributed by atoms with E-state index in [-0.39, 0.29) is 17.0 Å². The van der Waals surface area contributed by atoms with Crippen LogP contribution in [0.5, 0.6) is 0 Å². The highest BCUT2D eigenvalue weighted by Gasteiger charge is 2.33. The van der Waals surface area contributed by atoms with Gasteiger partial charge in [0.2, 0.25) is 10.0 Å². The van der Waals surface area contributed by atoms with Gasteiger partial charge in [-0.2, -0.15) is 5.10 Å². The molecule has 0 saturated heterocycles. The maximum Gasteiger partial charge on any atom is 0.243 e. The quantitative estimate of drug-likeness (QED) is 0.642. The summed E-state index contributed by atoms with van der Waals surface area (Å²) in [4.78, 5) is 0.229. The van der Waals surface area contributed by atoms with Crippen molar-refractivity contribution in [2.24, 2.45) is 0 Å². The van der Waals surface area contributed by atoms with Crippen LogP contribution in [0, 0.1) is 0 Å². The Morgan fingerprint density at radius 1 is 1.48 bits per heavy atom. The van der Waals surface area contributed by atoms with Gasteiger partial charge in [-0.15, -0.1) is 0 Å². The van der Waals surface area contributed by atoms with Crippen LogP contribution in [0.2, 0.25) is 0 Å². The summed E-state index contributed by atoms with van der Waals surface area (Å²) in [6, 6.07) is -0.0285. The lowest BCUT2D eigenvalue weighted by Crippen LogP contribution is -2.47. The first-order valence-corrected chi connectivity index (χ1v) is 8.84. The molecule has 1 aliphatic rings. The van der Waals surface area contributed by atoms with Crippen LogP contribution in [0.25, 0.3) is 0 Å². The Balaban J connectivity index is 1.85. The number of hydrogen-bond donors (Lipinski definition) is 2. The zero-order valence-electron chi connectivity index (χ0n) is 12.6. The number of nitrogens with zero attached hydrogens (tertiary/aromatic N) is 2. The summed E-state index contributed by atoms with van der Waals surface area (Å²) in [5.74, 6) is 0. The molecule has 1 aliphatic carbocycles. The average Bonchev–Trinajstić information content (AvgIpc) is 2.86. The first kappa shape index (κ1) is 16.4. The van der Waals surface area contributed by atoms with E-state index >= 15 is 0 Å².